The second-order valence-corrected chi connectivity index (χ2v) is 13.0. The molecule has 45 heavy (non-hydrogen) atoms. The second-order valence-electron chi connectivity index (χ2n) is 9.49. The van der Waals surface area contributed by atoms with Gasteiger partial charge in [0, 0.05) is 49.6 Å². The van der Waals surface area contributed by atoms with Gasteiger partial charge in [-0.1, -0.05) is 0 Å². The molecule has 2 amide bonds. The molecule has 2 aliphatic rings. The summed E-state index contributed by atoms with van der Waals surface area (Å²) in [5.41, 5.74) is -10.5. The number of piperazine rings is 1. The molecule has 1 aromatic carbocycles. The number of rotatable bonds is 4. The first-order chi connectivity index (χ1) is 20.3. The molecule has 1 unspecified atom stereocenters. The van der Waals surface area contributed by atoms with Gasteiger partial charge in [-0.3, -0.25) is 28.9 Å². The van der Waals surface area contributed by atoms with Crippen LogP contribution in [0, 0.1) is 10.1 Å². The number of carbonyl (C=O) groups is 2. The van der Waals surface area contributed by atoms with Crippen LogP contribution < -0.4 is 0 Å². The Bertz CT molecular complexity index is 1370. The maximum absolute atomic E-state index is 13.0. The minimum absolute atomic E-state index is 0.0168. The number of hydrogen-bond donors (Lipinski definition) is 3. The maximum atomic E-state index is 13.0. The molecule has 2 aliphatic heterocycles. The number of nitro groups is 1. The highest BCUT2D eigenvalue weighted by Gasteiger charge is 2.45. The van der Waals surface area contributed by atoms with Crippen molar-refractivity contribution in [3.8, 4) is 0 Å². The van der Waals surface area contributed by atoms with Gasteiger partial charge in [-0.15, -0.1) is 0 Å². The molecule has 2 saturated heterocycles. The number of non-ortho nitro benzene ring substituents is 1. The smallest absolute Gasteiger partial charge is 0.445 e. The number of halogens is 6. The van der Waals surface area contributed by atoms with E-state index in [0.29, 0.717) is 31.6 Å². The van der Waals surface area contributed by atoms with E-state index in [1.54, 1.807) is 12.1 Å². The molecule has 2 fully saturated rings. The number of alkyl halides is 6. The molecule has 0 saturated carbocycles. The molecular weight excluding hydrogens is 694 g/mol. The zero-order valence-electron chi connectivity index (χ0n) is 23.2. The van der Waals surface area contributed by atoms with Crippen LogP contribution in [0.25, 0.3) is 0 Å². The lowest BCUT2D eigenvalue weighted by Crippen LogP contribution is -2.56. The molecule has 24 heteroatoms. The predicted octanol–water partition coefficient (Wildman–Crippen LogP) is 2.55. The number of carbonyl (C=O) groups excluding carboxylic acids is 2. The van der Waals surface area contributed by atoms with Gasteiger partial charge in [0.15, 0.2) is 0 Å². The van der Waals surface area contributed by atoms with Crippen LogP contribution in [-0.4, -0.2) is 119 Å². The number of amides is 2. The summed E-state index contributed by atoms with van der Waals surface area (Å²) < 4.78 is 120. The minimum Gasteiger partial charge on any atom is -0.445 e. The maximum Gasteiger partial charge on any atom is 0.522 e. The topological polar surface area (TPSA) is 205 Å². The SMILES string of the molecule is CC1CN(C(=O)[C@@H]2C[C@H](S)CN2C(=O)OCc2ccc([N+](=O)[O-])cc2)CCN1C.O=S(=O)(O)C(F)(F)F.O=S(=O)(O)C(F)(F)F. The van der Waals surface area contributed by atoms with Gasteiger partial charge in [-0.25, -0.2) is 4.79 Å². The van der Waals surface area contributed by atoms with Crippen molar-refractivity contribution in [1.29, 1.82) is 0 Å². The highest BCUT2D eigenvalue weighted by molar-refractivity contribution is 7.86. The van der Waals surface area contributed by atoms with Crippen LogP contribution in [0.4, 0.5) is 36.8 Å². The Hall–Kier alpha value is -2.93. The molecule has 0 radical (unpaired) electrons. The van der Waals surface area contributed by atoms with Crippen molar-refractivity contribution in [3.05, 3.63) is 39.9 Å². The molecule has 3 rings (SSSR count). The molecule has 0 spiro atoms. The molecule has 15 nitrogen and oxygen atoms in total. The molecule has 3 atom stereocenters. The summed E-state index contributed by atoms with van der Waals surface area (Å²) >= 11 is 4.47. The van der Waals surface area contributed by atoms with E-state index in [1.165, 1.54) is 17.0 Å². The summed E-state index contributed by atoms with van der Waals surface area (Å²) in [4.78, 5) is 41.4. The number of nitrogens with zero attached hydrogens (tertiary/aromatic N) is 4. The van der Waals surface area contributed by atoms with E-state index in [1.807, 2.05) is 11.9 Å². The quantitative estimate of drug-likeness (QED) is 0.102. The van der Waals surface area contributed by atoms with Crippen LogP contribution >= 0.6 is 12.6 Å². The molecule has 0 aromatic heterocycles. The summed E-state index contributed by atoms with van der Waals surface area (Å²) in [6.45, 7) is 4.48. The second kappa shape index (κ2) is 15.6. The largest absolute Gasteiger partial charge is 0.522 e. The summed E-state index contributed by atoms with van der Waals surface area (Å²) in [6, 6.07) is 5.52. The van der Waals surface area contributed by atoms with Gasteiger partial charge in [0.1, 0.15) is 12.6 Å². The summed E-state index contributed by atoms with van der Waals surface area (Å²) in [7, 11) is -9.65. The predicted molar refractivity (Wildman–Crippen MR) is 145 cm³/mol. The van der Waals surface area contributed by atoms with E-state index in [-0.39, 0.29) is 29.5 Å². The van der Waals surface area contributed by atoms with Crippen LogP contribution in [0.3, 0.4) is 0 Å². The van der Waals surface area contributed by atoms with Gasteiger partial charge in [0.2, 0.25) is 5.91 Å². The fourth-order valence-electron chi connectivity index (χ4n) is 3.65. The average molecular weight is 723 g/mol. The zero-order valence-corrected chi connectivity index (χ0v) is 25.7. The summed E-state index contributed by atoms with van der Waals surface area (Å²) in [6.07, 6.45) is -0.0737. The van der Waals surface area contributed by atoms with Crippen molar-refractivity contribution < 1.29 is 71.5 Å². The first-order valence-electron chi connectivity index (χ1n) is 12.2. The van der Waals surface area contributed by atoms with Crippen molar-refractivity contribution in [3.63, 3.8) is 0 Å². The number of likely N-dealkylation sites (tertiary alicyclic amines) is 1. The van der Waals surface area contributed by atoms with Crippen molar-refractivity contribution >= 4 is 50.6 Å². The zero-order chi connectivity index (χ0) is 35.1. The van der Waals surface area contributed by atoms with E-state index in [9.17, 15) is 46.0 Å². The number of likely N-dealkylation sites (N-methyl/N-ethyl adjacent to an activating group) is 1. The van der Waals surface area contributed by atoms with Gasteiger partial charge in [-0.05, 0) is 38.1 Å². The van der Waals surface area contributed by atoms with Gasteiger partial charge in [-0.2, -0.15) is 55.8 Å². The Kier molecular flexibility index (Phi) is 13.9. The third kappa shape index (κ3) is 12.4. The number of benzene rings is 1. The molecule has 258 valence electrons. The third-order valence-electron chi connectivity index (χ3n) is 6.16. The van der Waals surface area contributed by atoms with Crippen molar-refractivity contribution in [2.24, 2.45) is 0 Å². The first kappa shape index (κ1) is 40.1. The van der Waals surface area contributed by atoms with Crippen molar-refractivity contribution in [2.75, 3.05) is 33.2 Å². The standard InChI is InChI=1S/C19H26N4O5S.2CHF3O3S/c1-13-10-21(8-7-20(13)2)18(24)17-9-16(29)11-22(17)19(25)28-12-14-3-5-15(6-4-14)23(26)27;2*2-1(3,4)8(5,6)7/h3-6,13,16-17,29H,7-12H2,1-2H3;2*(H,5,6,7)/t13?,16-,17-;;/m0../s1. The molecule has 2 heterocycles. The molecular formula is C21H28F6N4O11S3. The Morgan fingerprint density at radius 2 is 1.47 bits per heavy atom. The number of hydrogen-bond acceptors (Lipinski definition) is 11. The molecule has 2 N–H and O–H groups in total. The average Bonchev–Trinajstić information content (AvgIpc) is 3.28. The van der Waals surface area contributed by atoms with Crippen molar-refractivity contribution in [2.45, 2.75) is 48.3 Å². The lowest BCUT2D eigenvalue weighted by molar-refractivity contribution is -0.384. The Balaban J connectivity index is 0.000000521. The van der Waals surface area contributed by atoms with E-state index in [4.69, 9.17) is 30.7 Å². The normalized spacial score (nSPS) is 21.2. The van der Waals surface area contributed by atoms with Crippen LogP contribution in [0.1, 0.15) is 18.9 Å². The Morgan fingerprint density at radius 1 is 1.00 bits per heavy atom. The van der Waals surface area contributed by atoms with Gasteiger partial charge >= 0.3 is 37.3 Å². The first-order valence-corrected chi connectivity index (χ1v) is 15.6. The fraction of sp³-hybridized carbons (Fsp3) is 0.619. The highest BCUT2D eigenvalue weighted by atomic mass is 32.2. The monoisotopic (exact) mass is 722 g/mol. The minimum atomic E-state index is -5.84. The van der Waals surface area contributed by atoms with E-state index < -0.39 is 48.3 Å². The fourth-order valence-corrected chi connectivity index (χ4v) is 4.03. The van der Waals surface area contributed by atoms with Gasteiger partial charge in [0.25, 0.3) is 5.69 Å². The Morgan fingerprint density at radius 3 is 1.87 bits per heavy atom. The van der Waals surface area contributed by atoms with Crippen LogP contribution in [0.5, 0.6) is 0 Å². The van der Waals surface area contributed by atoms with Crippen molar-refractivity contribution in [1.82, 2.24) is 14.7 Å². The van der Waals surface area contributed by atoms with E-state index in [0.717, 1.165) is 6.54 Å². The summed E-state index contributed by atoms with van der Waals surface area (Å²) in [5, 5.41) is 10.6. The van der Waals surface area contributed by atoms with E-state index in [2.05, 4.69) is 24.5 Å². The number of thiol groups is 1. The van der Waals surface area contributed by atoms with Crippen LogP contribution in [0.2, 0.25) is 0 Å². The van der Waals surface area contributed by atoms with Crippen LogP contribution in [0.15, 0.2) is 24.3 Å². The number of ether oxygens (including phenoxy) is 1. The number of nitro benzene ring substituents is 1. The molecule has 0 bridgehead atoms. The van der Waals surface area contributed by atoms with Gasteiger partial charge < -0.3 is 14.5 Å². The van der Waals surface area contributed by atoms with E-state index >= 15 is 0 Å². The lowest BCUT2D eigenvalue weighted by Gasteiger charge is -2.39. The van der Waals surface area contributed by atoms with Gasteiger partial charge in [0.05, 0.1) is 4.92 Å². The lowest BCUT2D eigenvalue weighted by atomic mass is 10.1. The highest BCUT2D eigenvalue weighted by Crippen LogP contribution is 2.26. The summed E-state index contributed by atoms with van der Waals surface area (Å²) in [5.74, 6) is -0.0613. The molecule has 0 aliphatic carbocycles. The van der Waals surface area contributed by atoms with Crippen LogP contribution in [-0.2, 0) is 36.4 Å². The molecule has 1 aromatic rings. The third-order valence-corrected chi connectivity index (χ3v) is 7.71. The Labute approximate surface area is 258 Å².